The summed E-state index contributed by atoms with van der Waals surface area (Å²) in [6.45, 7) is 1.66. The molecule has 0 saturated carbocycles. The van der Waals surface area contributed by atoms with E-state index in [4.69, 9.17) is 16.3 Å². The molecule has 0 aliphatic rings. The second kappa shape index (κ2) is 6.86. The van der Waals surface area contributed by atoms with Gasteiger partial charge in [0.15, 0.2) is 6.61 Å². The van der Waals surface area contributed by atoms with Gasteiger partial charge in [0.1, 0.15) is 11.6 Å². The Balaban J connectivity index is 2.67. The van der Waals surface area contributed by atoms with E-state index in [-0.39, 0.29) is 18.4 Å². The molecule has 0 heterocycles. The fraction of sp³-hybridized carbons (Fsp3) is 0.333. The highest BCUT2D eigenvalue weighted by Gasteiger charge is 2.06. The van der Waals surface area contributed by atoms with E-state index in [9.17, 15) is 9.59 Å². The lowest BCUT2D eigenvalue weighted by Gasteiger charge is -2.10. The molecule has 0 fully saturated rings. The molecule has 1 aromatic carbocycles. The largest absolute Gasteiger partial charge is 0.482 e. The summed E-state index contributed by atoms with van der Waals surface area (Å²) in [5.74, 6) is -0.294. The second-order valence-corrected chi connectivity index (χ2v) is 3.79. The molecule has 1 rings (SSSR count). The van der Waals surface area contributed by atoms with Gasteiger partial charge in [0, 0.05) is 5.69 Å². The number of benzene rings is 1. The number of halogens is 1. The number of esters is 1. The fourth-order valence-corrected chi connectivity index (χ4v) is 1.32. The number of carbonyl (C=O) groups is 2. The summed E-state index contributed by atoms with van der Waals surface area (Å²) in [6.07, 6.45) is 0. The molecular formula is C12H14ClNO4. The molecule has 0 bridgehead atoms. The van der Waals surface area contributed by atoms with Crippen molar-refractivity contribution in [3.8, 4) is 5.75 Å². The van der Waals surface area contributed by atoms with Gasteiger partial charge in [-0.25, -0.2) is 4.79 Å². The molecule has 1 aromatic rings. The van der Waals surface area contributed by atoms with Gasteiger partial charge in [-0.1, -0.05) is 0 Å². The first kappa shape index (κ1) is 14.3. The van der Waals surface area contributed by atoms with Gasteiger partial charge in [0.05, 0.1) is 7.11 Å². The van der Waals surface area contributed by atoms with Crippen LogP contribution in [0.15, 0.2) is 18.2 Å². The van der Waals surface area contributed by atoms with Crippen LogP contribution in [0.2, 0.25) is 0 Å². The predicted molar refractivity (Wildman–Crippen MR) is 68.0 cm³/mol. The minimum Gasteiger partial charge on any atom is -0.482 e. The van der Waals surface area contributed by atoms with Crippen LogP contribution < -0.4 is 10.1 Å². The Hall–Kier alpha value is -1.75. The van der Waals surface area contributed by atoms with Crippen molar-refractivity contribution >= 4 is 29.2 Å². The number of rotatable bonds is 5. The number of ether oxygens (including phenoxy) is 2. The van der Waals surface area contributed by atoms with E-state index in [0.29, 0.717) is 11.4 Å². The molecule has 0 spiro atoms. The Labute approximate surface area is 110 Å². The van der Waals surface area contributed by atoms with Gasteiger partial charge >= 0.3 is 5.97 Å². The monoisotopic (exact) mass is 271 g/mol. The summed E-state index contributed by atoms with van der Waals surface area (Å²) in [4.78, 5) is 22.0. The van der Waals surface area contributed by atoms with Gasteiger partial charge in [0.2, 0.25) is 5.91 Å². The molecule has 98 valence electrons. The van der Waals surface area contributed by atoms with Gasteiger partial charge in [0.25, 0.3) is 0 Å². The summed E-state index contributed by atoms with van der Waals surface area (Å²) in [5, 5.41) is 2.65. The van der Waals surface area contributed by atoms with Crippen LogP contribution in [-0.2, 0) is 14.3 Å². The molecule has 18 heavy (non-hydrogen) atoms. The lowest BCUT2D eigenvalue weighted by atomic mass is 10.2. The standard InChI is InChI=1S/C12H14ClNO4/c1-8-5-9(18-7-12(16)17-2)3-4-10(8)14-11(15)6-13/h3-5H,6-7H2,1-2H3,(H,14,15). The van der Waals surface area contributed by atoms with E-state index in [1.807, 2.05) is 6.92 Å². The van der Waals surface area contributed by atoms with E-state index in [0.717, 1.165) is 5.56 Å². The Morgan fingerprint density at radius 2 is 2.11 bits per heavy atom. The number of amides is 1. The van der Waals surface area contributed by atoms with Crippen LogP contribution in [-0.4, -0.2) is 31.5 Å². The van der Waals surface area contributed by atoms with Crippen molar-refractivity contribution in [3.05, 3.63) is 23.8 Å². The first-order valence-electron chi connectivity index (χ1n) is 5.23. The molecule has 1 amide bonds. The van der Waals surface area contributed by atoms with Crippen LogP contribution in [0, 0.1) is 6.92 Å². The summed E-state index contributed by atoms with van der Waals surface area (Å²) >= 11 is 5.40. The lowest BCUT2D eigenvalue weighted by molar-refractivity contribution is -0.142. The molecule has 0 aromatic heterocycles. The Kier molecular flexibility index (Phi) is 5.45. The predicted octanol–water partition coefficient (Wildman–Crippen LogP) is 1.72. The fourth-order valence-electron chi connectivity index (χ4n) is 1.25. The van der Waals surface area contributed by atoms with Crippen LogP contribution in [0.3, 0.4) is 0 Å². The average Bonchev–Trinajstić information content (AvgIpc) is 2.38. The summed E-state index contributed by atoms with van der Waals surface area (Å²) in [5.41, 5.74) is 1.47. The highest BCUT2D eigenvalue weighted by molar-refractivity contribution is 6.29. The number of alkyl halides is 1. The summed E-state index contributed by atoms with van der Waals surface area (Å²) < 4.78 is 9.67. The van der Waals surface area contributed by atoms with Crippen LogP contribution in [0.5, 0.6) is 5.75 Å². The topological polar surface area (TPSA) is 64.6 Å². The molecule has 0 aliphatic heterocycles. The van der Waals surface area contributed by atoms with Gasteiger partial charge in [-0.3, -0.25) is 4.79 Å². The zero-order valence-electron chi connectivity index (χ0n) is 10.2. The van der Waals surface area contributed by atoms with Gasteiger partial charge in [-0.05, 0) is 30.7 Å². The number of hydrogen-bond donors (Lipinski definition) is 1. The van der Waals surface area contributed by atoms with E-state index >= 15 is 0 Å². The highest BCUT2D eigenvalue weighted by Crippen LogP contribution is 2.21. The van der Waals surface area contributed by atoms with Gasteiger partial charge < -0.3 is 14.8 Å². The molecule has 0 radical (unpaired) electrons. The van der Waals surface area contributed by atoms with E-state index in [1.54, 1.807) is 18.2 Å². The maximum Gasteiger partial charge on any atom is 0.343 e. The summed E-state index contributed by atoms with van der Waals surface area (Å²) in [7, 11) is 1.29. The maximum absolute atomic E-state index is 11.1. The van der Waals surface area contributed by atoms with Crippen molar-refractivity contribution in [1.82, 2.24) is 0 Å². The number of methoxy groups -OCH3 is 1. The third-order valence-electron chi connectivity index (χ3n) is 2.18. The molecule has 0 atom stereocenters. The molecule has 0 saturated heterocycles. The van der Waals surface area contributed by atoms with Crippen molar-refractivity contribution in [2.75, 3.05) is 24.9 Å². The summed E-state index contributed by atoms with van der Waals surface area (Å²) in [6, 6.07) is 5.05. The zero-order valence-corrected chi connectivity index (χ0v) is 10.9. The van der Waals surface area contributed by atoms with E-state index in [1.165, 1.54) is 7.11 Å². The molecule has 0 aliphatic carbocycles. The first-order chi connectivity index (χ1) is 8.56. The van der Waals surface area contributed by atoms with Gasteiger partial charge in [-0.2, -0.15) is 0 Å². The molecule has 0 unspecified atom stereocenters. The van der Waals surface area contributed by atoms with Crippen molar-refractivity contribution < 1.29 is 19.1 Å². The minimum absolute atomic E-state index is 0.0972. The quantitative estimate of drug-likeness (QED) is 0.654. The number of hydrogen-bond acceptors (Lipinski definition) is 4. The minimum atomic E-state index is -0.452. The van der Waals surface area contributed by atoms with Crippen LogP contribution >= 0.6 is 11.6 Å². The van der Waals surface area contributed by atoms with Crippen molar-refractivity contribution in [3.63, 3.8) is 0 Å². The number of anilines is 1. The molecule has 1 N–H and O–H groups in total. The normalized spacial score (nSPS) is 9.72. The maximum atomic E-state index is 11.1. The highest BCUT2D eigenvalue weighted by atomic mass is 35.5. The van der Waals surface area contributed by atoms with Crippen molar-refractivity contribution in [2.24, 2.45) is 0 Å². The average molecular weight is 272 g/mol. The Bertz CT molecular complexity index is 448. The van der Waals surface area contributed by atoms with E-state index in [2.05, 4.69) is 10.1 Å². The Morgan fingerprint density at radius 3 is 2.67 bits per heavy atom. The molecule has 6 heteroatoms. The number of nitrogens with one attached hydrogen (secondary N) is 1. The molecule has 5 nitrogen and oxygen atoms in total. The van der Waals surface area contributed by atoms with Crippen LogP contribution in [0.4, 0.5) is 5.69 Å². The smallest absolute Gasteiger partial charge is 0.343 e. The Morgan fingerprint density at radius 1 is 1.39 bits per heavy atom. The van der Waals surface area contributed by atoms with Crippen LogP contribution in [0.1, 0.15) is 5.56 Å². The third-order valence-corrected chi connectivity index (χ3v) is 2.42. The van der Waals surface area contributed by atoms with Crippen molar-refractivity contribution in [2.45, 2.75) is 6.92 Å². The lowest BCUT2D eigenvalue weighted by Crippen LogP contribution is -2.14. The number of carbonyl (C=O) groups excluding carboxylic acids is 2. The van der Waals surface area contributed by atoms with Crippen molar-refractivity contribution in [1.29, 1.82) is 0 Å². The molecular weight excluding hydrogens is 258 g/mol. The van der Waals surface area contributed by atoms with E-state index < -0.39 is 5.97 Å². The van der Waals surface area contributed by atoms with Gasteiger partial charge in [-0.15, -0.1) is 11.6 Å². The van der Waals surface area contributed by atoms with Crippen LogP contribution in [0.25, 0.3) is 0 Å². The number of aryl methyl sites for hydroxylation is 1. The first-order valence-corrected chi connectivity index (χ1v) is 5.76. The zero-order chi connectivity index (χ0) is 13.5. The second-order valence-electron chi connectivity index (χ2n) is 3.52. The SMILES string of the molecule is COC(=O)COc1ccc(NC(=O)CCl)c(C)c1. The third kappa shape index (κ3) is 4.25.